The van der Waals surface area contributed by atoms with Crippen LogP contribution in [-0.2, 0) is 4.79 Å². The molecule has 0 unspecified atom stereocenters. The molecule has 0 fully saturated rings. The zero-order valence-corrected chi connectivity index (χ0v) is 15.7. The molecule has 0 bridgehead atoms. The van der Waals surface area contributed by atoms with Gasteiger partial charge in [0.1, 0.15) is 23.2 Å². The van der Waals surface area contributed by atoms with Gasteiger partial charge in [0.2, 0.25) is 5.95 Å². The van der Waals surface area contributed by atoms with Crippen molar-refractivity contribution in [2.24, 2.45) is 5.92 Å². The van der Waals surface area contributed by atoms with E-state index in [2.05, 4.69) is 15.4 Å². The largest absolute Gasteiger partial charge is 0.328 e. The number of hydrogen-bond acceptors (Lipinski definition) is 5. The van der Waals surface area contributed by atoms with Crippen LogP contribution < -0.4 is 5.32 Å². The topological polar surface area (TPSA) is 59.8 Å². The molecule has 1 N–H and O–H groups in total. The van der Waals surface area contributed by atoms with Crippen molar-refractivity contribution in [3.05, 3.63) is 75.4 Å². The van der Waals surface area contributed by atoms with Crippen molar-refractivity contribution in [1.82, 2.24) is 14.8 Å². The number of rotatable bonds is 2. The lowest BCUT2D eigenvalue weighted by Crippen LogP contribution is -2.40. The second-order valence-electron chi connectivity index (χ2n) is 7.09. The summed E-state index contributed by atoms with van der Waals surface area (Å²) in [6.07, 6.45) is 2.38. The third-order valence-corrected chi connectivity index (χ3v) is 6.20. The minimum Gasteiger partial charge on any atom is -0.328 e. The fourth-order valence-electron chi connectivity index (χ4n) is 4.11. The van der Waals surface area contributed by atoms with Crippen LogP contribution in [-0.4, -0.2) is 20.5 Å². The van der Waals surface area contributed by atoms with Gasteiger partial charge in [0.25, 0.3) is 0 Å². The number of aryl methyl sites for hydroxylation is 1. The zero-order valence-electron chi connectivity index (χ0n) is 14.9. The second kappa shape index (κ2) is 6.34. The molecular weight excluding hydrogens is 382 g/mol. The van der Waals surface area contributed by atoms with Crippen LogP contribution in [0.4, 0.5) is 14.7 Å². The van der Waals surface area contributed by atoms with Gasteiger partial charge in [0.15, 0.2) is 0 Å². The number of anilines is 1. The monoisotopic (exact) mass is 398 g/mol. The molecule has 8 heteroatoms. The van der Waals surface area contributed by atoms with Gasteiger partial charge in [-0.3, -0.25) is 4.79 Å². The van der Waals surface area contributed by atoms with Gasteiger partial charge in [0, 0.05) is 29.0 Å². The Morgan fingerprint density at radius 3 is 2.75 bits per heavy atom. The van der Waals surface area contributed by atoms with Crippen molar-refractivity contribution in [2.45, 2.75) is 25.3 Å². The Hall–Kier alpha value is -2.87. The molecule has 0 spiro atoms. The first-order valence-electron chi connectivity index (χ1n) is 8.93. The molecule has 142 valence electrons. The fraction of sp³-hybridized carbons (Fsp3) is 0.250. The molecule has 3 atom stereocenters. The number of allylic oxidation sites excluding steroid dienone is 2. The number of benzene rings is 1. The lowest BCUT2D eigenvalue weighted by atomic mass is 9.77. The maximum absolute atomic E-state index is 13.9. The zero-order chi connectivity index (χ0) is 19.4. The van der Waals surface area contributed by atoms with Crippen molar-refractivity contribution in [1.29, 1.82) is 0 Å². The molecule has 1 aromatic carbocycles. The highest BCUT2D eigenvalue weighted by molar-refractivity contribution is 7.10. The molecule has 5 nitrogen and oxygen atoms in total. The van der Waals surface area contributed by atoms with Crippen molar-refractivity contribution >= 4 is 23.1 Å². The smallest absolute Gasteiger partial charge is 0.226 e. The Balaban J connectivity index is 1.67. The van der Waals surface area contributed by atoms with Crippen LogP contribution in [0, 0.1) is 24.5 Å². The quantitative estimate of drug-likeness (QED) is 0.703. The third kappa shape index (κ3) is 2.75. The standard InChI is InChI=1S/C20H16F2N4OS/c1-10-23-20-24-15-7-11(17-3-2-4-28-17)8-16(27)18(15)19(26(20)25-10)12-5-13(21)9-14(22)6-12/h2-7,9,11,18-19H,8H2,1H3,(H,23,24,25)/t11-,18-,19-/m0/s1. The van der Waals surface area contributed by atoms with Gasteiger partial charge in [0.05, 0.1) is 12.0 Å². The summed E-state index contributed by atoms with van der Waals surface area (Å²) in [7, 11) is 0. The predicted octanol–water partition coefficient (Wildman–Crippen LogP) is 4.20. The summed E-state index contributed by atoms with van der Waals surface area (Å²) in [5.41, 5.74) is 1.08. The summed E-state index contributed by atoms with van der Waals surface area (Å²) in [6, 6.07) is 6.67. The van der Waals surface area contributed by atoms with Crippen LogP contribution in [0.1, 0.15) is 34.6 Å². The molecule has 0 saturated carbocycles. The average Bonchev–Trinajstić information content (AvgIpc) is 3.27. The number of halogens is 2. The summed E-state index contributed by atoms with van der Waals surface area (Å²) < 4.78 is 29.4. The number of carbonyl (C=O) groups excluding carboxylic acids is 1. The van der Waals surface area contributed by atoms with Crippen molar-refractivity contribution in [2.75, 3.05) is 5.32 Å². The Labute approximate surface area is 163 Å². The normalized spacial score (nSPS) is 23.6. The van der Waals surface area contributed by atoms with Crippen LogP contribution in [0.2, 0.25) is 0 Å². The first kappa shape index (κ1) is 17.2. The molecule has 0 amide bonds. The van der Waals surface area contributed by atoms with E-state index < -0.39 is 23.6 Å². The number of Topliss-reactive ketones (excluding diaryl/α,β-unsaturated/α-hetero) is 1. The minimum atomic E-state index is -0.683. The number of aromatic nitrogens is 3. The molecule has 3 aromatic rings. The lowest BCUT2D eigenvalue weighted by molar-refractivity contribution is -0.123. The van der Waals surface area contributed by atoms with E-state index in [1.807, 2.05) is 23.6 Å². The lowest BCUT2D eigenvalue weighted by Gasteiger charge is -2.37. The molecule has 2 aromatic heterocycles. The van der Waals surface area contributed by atoms with Crippen LogP contribution in [0.25, 0.3) is 0 Å². The SMILES string of the molecule is Cc1nc2n(n1)[C@@H](c1cc(F)cc(F)c1)[C@@H]1C(=O)C[C@@H](c3cccs3)C=C1N2. The van der Waals surface area contributed by atoms with E-state index in [0.717, 1.165) is 10.9 Å². The first-order valence-corrected chi connectivity index (χ1v) is 9.81. The highest BCUT2D eigenvalue weighted by atomic mass is 32.1. The predicted molar refractivity (Wildman–Crippen MR) is 101 cm³/mol. The maximum atomic E-state index is 13.9. The van der Waals surface area contributed by atoms with E-state index >= 15 is 0 Å². The molecule has 1 aliphatic heterocycles. The molecule has 2 aliphatic rings. The van der Waals surface area contributed by atoms with Gasteiger partial charge >= 0.3 is 0 Å². The number of nitrogens with one attached hydrogen (secondary N) is 1. The fourth-order valence-corrected chi connectivity index (χ4v) is 4.90. The molecule has 28 heavy (non-hydrogen) atoms. The first-order chi connectivity index (χ1) is 13.5. The van der Waals surface area contributed by atoms with E-state index in [-0.39, 0.29) is 11.7 Å². The summed E-state index contributed by atoms with van der Waals surface area (Å²) in [5.74, 6) is -0.982. The molecule has 1 aliphatic carbocycles. The number of carbonyl (C=O) groups is 1. The van der Waals surface area contributed by atoms with Gasteiger partial charge in [-0.05, 0) is 36.1 Å². The molecule has 5 rings (SSSR count). The minimum absolute atomic E-state index is 0.0110. The van der Waals surface area contributed by atoms with E-state index in [4.69, 9.17) is 0 Å². The maximum Gasteiger partial charge on any atom is 0.226 e. The Morgan fingerprint density at radius 2 is 2.04 bits per heavy atom. The van der Waals surface area contributed by atoms with Crippen LogP contribution in [0.3, 0.4) is 0 Å². The summed E-state index contributed by atoms with van der Waals surface area (Å²) in [6.45, 7) is 1.74. The van der Waals surface area contributed by atoms with Gasteiger partial charge in [-0.15, -0.1) is 11.3 Å². The Bertz CT molecular complexity index is 1090. The number of fused-ring (bicyclic) bond motifs is 2. The van der Waals surface area contributed by atoms with Crippen molar-refractivity contribution in [3.8, 4) is 0 Å². The van der Waals surface area contributed by atoms with E-state index in [1.54, 1.807) is 22.9 Å². The van der Waals surface area contributed by atoms with Gasteiger partial charge < -0.3 is 5.32 Å². The number of nitrogens with zero attached hydrogens (tertiary/aromatic N) is 3. The third-order valence-electron chi connectivity index (χ3n) is 5.19. The number of hydrogen-bond donors (Lipinski definition) is 1. The van der Waals surface area contributed by atoms with Crippen LogP contribution >= 0.6 is 11.3 Å². The summed E-state index contributed by atoms with van der Waals surface area (Å²) in [5, 5.41) is 9.58. The highest BCUT2D eigenvalue weighted by Crippen LogP contribution is 2.44. The summed E-state index contributed by atoms with van der Waals surface area (Å²) >= 11 is 1.60. The Morgan fingerprint density at radius 1 is 1.25 bits per heavy atom. The summed E-state index contributed by atoms with van der Waals surface area (Å²) in [4.78, 5) is 18.7. The van der Waals surface area contributed by atoms with Crippen LogP contribution in [0.5, 0.6) is 0 Å². The molecular formula is C20H16F2N4OS. The average molecular weight is 398 g/mol. The van der Waals surface area contributed by atoms with Crippen molar-refractivity contribution < 1.29 is 13.6 Å². The van der Waals surface area contributed by atoms with Crippen LogP contribution in [0.15, 0.2) is 47.5 Å². The van der Waals surface area contributed by atoms with Gasteiger partial charge in [-0.2, -0.15) is 10.1 Å². The van der Waals surface area contributed by atoms with Crippen molar-refractivity contribution in [3.63, 3.8) is 0 Å². The highest BCUT2D eigenvalue weighted by Gasteiger charge is 2.43. The van der Waals surface area contributed by atoms with Gasteiger partial charge in [-0.1, -0.05) is 12.1 Å². The van der Waals surface area contributed by atoms with E-state index in [0.29, 0.717) is 29.5 Å². The van der Waals surface area contributed by atoms with E-state index in [9.17, 15) is 13.6 Å². The molecule has 0 radical (unpaired) electrons. The van der Waals surface area contributed by atoms with Gasteiger partial charge in [-0.25, -0.2) is 13.5 Å². The molecule has 3 heterocycles. The number of ketones is 1. The Kier molecular flexibility index (Phi) is 3.90. The van der Waals surface area contributed by atoms with E-state index in [1.165, 1.54) is 12.1 Å². The second-order valence-corrected chi connectivity index (χ2v) is 8.07. The molecule has 0 saturated heterocycles. The number of thiophene rings is 1.